The molecule has 17 heavy (non-hydrogen) atoms. The molecule has 0 aromatic carbocycles. The number of hydrogen-bond acceptors (Lipinski definition) is 7. The number of phosphoric ester groups is 1. The second kappa shape index (κ2) is 8.51. The summed E-state index contributed by atoms with van der Waals surface area (Å²) >= 11 is 0. The van der Waals surface area contributed by atoms with Gasteiger partial charge in [-0.25, -0.2) is 4.57 Å². The number of rotatable bonds is 7. The van der Waals surface area contributed by atoms with Crippen molar-refractivity contribution in [3.8, 4) is 0 Å². The molecule has 0 aliphatic carbocycles. The Labute approximate surface area is 113 Å². The van der Waals surface area contributed by atoms with Crippen LogP contribution >= 0.6 is 7.82 Å². The Morgan fingerprint density at radius 1 is 1.18 bits per heavy atom. The van der Waals surface area contributed by atoms with Gasteiger partial charge >= 0.3 is 7.82 Å². The van der Waals surface area contributed by atoms with Crippen molar-refractivity contribution in [2.75, 3.05) is 6.61 Å². The van der Waals surface area contributed by atoms with E-state index in [1.807, 2.05) is 0 Å². The van der Waals surface area contributed by atoms with Crippen molar-refractivity contribution < 1.29 is 44.1 Å². The summed E-state index contributed by atoms with van der Waals surface area (Å²) in [5.74, 6) is 0. The standard InChI is InChI=1S/C6H13O9P.Sn/c7-1-3(9)5(10)6(11)4(2-8)15-16(12,13)14;/h2-7,9-11H,1H2,(H2,12,13,14);/t3-,4+,5-,6-;/m1./s1. The topological polar surface area (TPSA) is 165 Å². The fraction of sp³-hybridized carbons (Fsp3) is 0.833. The zero-order valence-electron chi connectivity index (χ0n) is 8.45. The molecular weight excluding hydrogens is 366 g/mol. The molecule has 0 aromatic rings. The average molecular weight is 379 g/mol. The minimum absolute atomic E-state index is 0. The third-order valence-corrected chi connectivity index (χ3v) is 2.18. The third kappa shape index (κ3) is 7.44. The van der Waals surface area contributed by atoms with Crippen LogP contribution in [0.4, 0.5) is 0 Å². The molecule has 0 rings (SSSR count). The molecule has 11 heteroatoms. The largest absolute Gasteiger partial charge is 0.470 e. The third-order valence-electron chi connectivity index (χ3n) is 1.66. The van der Waals surface area contributed by atoms with Crippen molar-refractivity contribution in [1.82, 2.24) is 0 Å². The van der Waals surface area contributed by atoms with Crippen LogP contribution in [0.5, 0.6) is 0 Å². The summed E-state index contributed by atoms with van der Waals surface area (Å²) in [4.78, 5) is 27.1. The maximum absolute atomic E-state index is 10.4. The number of hydrogen-bond donors (Lipinski definition) is 6. The fourth-order valence-electron chi connectivity index (χ4n) is 0.856. The fourth-order valence-corrected chi connectivity index (χ4v) is 1.35. The van der Waals surface area contributed by atoms with Crippen LogP contribution in [0.25, 0.3) is 0 Å². The second-order valence-corrected chi connectivity index (χ2v) is 4.12. The molecule has 9 nitrogen and oxygen atoms in total. The normalized spacial score (nSPS) is 18.7. The molecule has 0 aromatic heterocycles. The van der Waals surface area contributed by atoms with Gasteiger partial charge in [0.15, 0.2) is 12.4 Å². The van der Waals surface area contributed by atoms with Crippen molar-refractivity contribution in [3.05, 3.63) is 0 Å². The molecular formula is C6H13O9PSn. The maximum atomic E-state index is 10.4. The minimum Gasteiger partial charge on any atom is -0.394 e. The van der Waals surface area contributed by atoms with Crippen LogP contribution in [-0.4, -0.2) is 91.4 Å². The van der Waals surface area contributed by atoms with Crippen LogP contribution in [0.1, 0.15) is 0 Å². The van der Waals surface area contributed by atoms with Gasteiger partial charge in [0.2, 0.25) is 0 Å². The Kier molecular flexibility index (Phi) is 9.89. The molecule has 0 saturated carbocycles. The summed E-state index contributed by atoms with van der Waals surface area (Å²) in [5, 5.41) is 35.7. The smallest absolute Gasteiger partial charge is 0.394 e. The molecule has 0 heterocycles. The molecule has 0 unspecified atom stereocenters. The van der Waals surface area contributed by atoms with E-state index in [0.717, 1.165) is 0 Å². The molecule has 0 saturated heterocycles. The molecule has 0 fully saturated rings. The van der Waals surface area contributed by atoms with Crippen LogP contribution in [0, 0.1) is 0 Å². The Balaban J connectivity index is 0. The van der Waals surface area contributed by atoms with Gasteiger partial charge in [-0.3, -0.25) is 4.52 Å². The van der Waals surface area contributed by atoms with E-state index in [-0.39, 0.29) is 30.2 Å². The van der Waals surface area contributed by atoms with Gasteiger partial charge in [0, 0.05) is 23.9 Å². The van der Waals surface area contributed by atoms with Crippen LogP contribution in [-0.2, 0) is 13.9 Å². The quantitative estimate of drug-likeness (QED) is 0.149. The van der Waals surface area contributed by atoms with Crippen molar-refractivity contribution in [2.24, 2.45) is 0 Å². The molecule has 4 radical (unpaired) electrons. The minimum atomic E-state index is -5.02. The van der Waals surface area contributed by atoms with Crippen LogP contribution in [0.3, 0.4) is 0 Å². The van der Waals surface area contributed by atoms with Gasteiger partial charge in [0.25, 0.3) is 0 Å². The van der Waals surface area contributed by atoms with E-state index in [4.69, 9.17) is 25.1 Å². The predicted molar refractivity (Wildman–Crippen MR) is 53.8 cm³/mol. The Morgan fingerprint density at radius 3 is 1.94 bits per heavy atom. The summed E-state index contributed by atoms with van der Waals surface area (Å²) in [6, 6.07) is 0. The van der Waals surface area contributed by atoms with Crippen molar-refractivity contribution in [3.63, 3.8) is 0 Å². The number of carbonyl (C=O) groups excluding carboxylic acids is 1. The summed E-state index contributed by atoms with van der Waals surface area (Å²) in [7, 11) is -5.02. The molecule has 100 valence electrons. The monoisotopic (exact) mass is 380 g/mol. The first-order valence-electron chi connectivity index (χ1n) is 4.07. The van der Waals surface area contributed by atoms with E-state index in [1.165, 1.54) is 0 Å². The zero-order chi connectivity index (χ0) is 12.9. The van der Waals surface area contributed by atoms with Gasteiger partial charge in [0.05, 0.1) is 6.61 Å². The Morgan fingerprint density at radius 2 is 1.65 bits per heavy atom. The zero-order valence-corrected chi connectivity index (χ0v) is 12.2. The first kappa shape index (κ1) is 19.8. The van der Waals surface area contributed by atoms with E-state index in [1.54, 1.807) is 0 Å². The van der Waals surface area contributed by atoms with Gasteiger partial charge in [-0.05, 0) is 0 Å². The van der Waals surface area contributed by atoms with Crippen molar-refractivity contribution in [2.45, 2.75) is 24.4 Å². The van der Waals surface area contributed by atoms with E-state index < -0.39 is 38.8 Å². The number of carbonyl (C=O) groups is 1. The number of aldehydes is 1. The van der Waals surface area contributed by atoms with Crippen molar-refractivity contribution >= 4 is 38.0 Å². The van der Waals surface area contributed by atoms with Gasteiger partial charge < -0.3 is 35.0 Å². The summed E-state index contributed by atoms with van der Waals surface area (Å²) < 4.78 is 14.2. The number of aliphatic hydroxyl groups excluding tert-OH is 4. The Hall–Kier alpha value is 0.419. The summed E-state index contributed by atoms with van der Waals surface area (Å²) in [5.41, 5.74) is 0. The first-order valence-corrected chi connectivity index (χ1v) is 5.60. The number of aliphatic hydroxyl groups is 4. The molecule has 0 spiro atoms. The van der Waals surface area contributed by atoms with E-state index in [2.05, 4.69) is 4.52 Å². The van der Waals surface area contributed by atoms with E-state index in [0.29, 0.717) is 0 Å². The van der Waals surface area contributed by atoms with Gasteiger partial charge in [-0.15, -0.1) is 0 Å². The van der Waals surface area contributed by atoms with Crippen LogP contribution in [0.15, 0.2) is 0 Å². The van der Waals surface area contributed by atoms with Gasteiger partial charge in [-0.2, -0.15) is 0 Å². The molecule has 0 aliphatic heterocycles. The summed E-state index contributed by atoms with van der Waals surface area (Å²) in [6.07, 6.45) is -7.98. The summed E-state index contributed by atoms with van der Waals surface area (Å²) in [6.45, 7) is -0.903. The molecule has 4 atom stereocenters. The predicted octanol–water partition coefficient (Wildman–Crippen LogP) is -3.64. The van der Waals surface area contributed by atoms with E-state index in [9.17, 15) is 14.5 Å². The second-order valence-electron chi connectivity index (χ2n) is 2.93. The SMILES string of the molecule is O=C[C@H](OP(=O)(O)O)[C@@H](O)[C@H](O)[C@H](O)CO.[Sn]. The van der Waals surface area contributed by atoms with E-state index >= 15 is 0 Å². The van der Waals surface area contributed by atoms with Crippen molar-refractivity contribution in [1.29, 1.82) is 0 Å². The maximum Gasteiger partial charge on any atom is 0.470 e. The molecule has 0 aliphatic rings. The van der Waals surface area contributed by atoms with Gasteiger partial charge in [-0.1, -0.05) is 0 Å². The molecule has 6 N–H and O–H groups in total. The first-order chi connectivity index (χ1) is 7.22. The molecule has 0 bridgehead atoms. The van der Waals surface area contributed by atoms with Gasteiger partial charge in [0.1, 0.15) is 18.3 Å². The Bertz CT molecular complexity index is 268. The average Bonchev–Trinajstić information content (AvgIpc) is 2.21. The van der Waals surface area contributed by atoms with Crippen LogP contribution in [0.2, 0.25) is 0 Å². The number of phosphoric acid groups is 1. The molecule has 0 amide bonds. The van der Waals surface area contributed by atoms with Crippen LogP contribution < -0.4 is 0 Å².